The highest BCUT2D eigenvalue weighted by atomic mass is 16.6. The number of hydrogen-bond acceptors (Lipinski definition) is 5. The van der Waals surface area contributed by atoms with E-state index in [1.165, 1.54) is 18.3 Å². The van der Waals surface area contributed by atoms with Crippen molar-refractivity contribution in [1.82, 2.24) is 4.98 Å². The number of aryl methyl sites for hydroxylation is 2. The fourth-order valence-corrected chi connectivity index (χ4v) is 1.88. The summed E-state index contributed by atoms with van der Waals surface area (Å²) in [5, 5.41) is 18.3. The zero-order valence-corrected chi connectivity index (χ0v) is 11.6. The van der Waals surface area contributed by atoms with Crippen molar-refractivity contribution in [2.75, 3.05) is 0 Å². The van der Waals surface area contributed by atoms with Gasteiger partial charge in [-0.2, -0.15) is 0 Å². The summed E-state index contributed by atoms with van der Waals surface area (Å²) >= 11 is 0. The Bertz CT molecular complexity index is 728. The Labute approximate surface area is 121 Å². The van der Waals surface area contributed by atoms with Gasteiger partial charge in [0, 0.05) is 17.8 Å². The summed E-state index contributed by atoms with van der Waals surface area (Å²) < 4.78 is 5.65. The second-order valence-electron chi connectivity index (χ2n) is 4.55. The molecule has 0 fully saturated rings. The van der Waals surface area contributed by atoms with Crippen LogP contribution in [0.25, 0.3) is 0 Å². The lowest BCUT2D eigenvalue weighted by molar-refractivity contribution is -0.385. The number of rotatable bonds is 4. The topological polar surface area (TPSA) is 115 Å². The van der Waals surface area contributed by atoms with Crippen LogP contribution < -0.4 is 10.5 Å². The molecule has 1 aromatic carbocycles. The van der Waals surface area contributed by atoms with Gasteiger partial charge in [-0.1, -0.05) is 0 Å². The van der Waals surface area contributed by atoms with Crippen LogP contribution in [-0.2, 0) is 0 Å². The van der Waals surface area contributed by atoms with Gasteiger partial charge in [0.05, 0.1) is 11.0 Å². The minimum Gasteiger partial charge on any atom is -0.457 e. The Balaban J connectivity index is 2.39. The molecular formula is C14H14N4O3. The van der Waals surface area contributed by atoms with Crippen molar-refractivity contribution in [3.05, 3.63) is 57.4 Å². The van der Waals surface area contributed by atoms with Crippen LogP contribution >= 0.6 is 0 Å². The monoisotopic (exact) mass is 286 g/mol. The predicted molar refractivity (Wildman–Crippen MR) is 77.9 cm³/mol. The van der Waals surface area contributed by atoms with E-state index in [-0.39, 0.29) is 17.2 Å². The number of ether oxygens (including phenoxy) is 1. The number of nitrogens with two attached hydrogens (primary N) is 1. The van der Waals surface area contributed by atoms with Crippen molar-refractivity contribution in [1.29, 1.82) is 5.41 Å². The van der Waals surface area contributed by atoms with Gasteiger partial charge in [0.1, 0.15) is 23.0 Å². The number of hydrogen-bond donors (Lipinski definition) is 2. The molecule has 0 atom stereocenters. The van der Waals surface area contributed by atoms with Crippen molar-refractivity contribution >= 4 is 11.5 Å². The molecule has 0 saturated heterocycles. The largest absolute Gasteiger partial charge is 0.457 e. The van der Waals surface area contributed by atoms with E-state index < -0.39 is 4.92 Å². The molecule has 0 amide bonds. The summed E-state index contributed by atoms with van der Waals surface area (Å²) in [5.41, 5.74) is 7.00. The number of amidine groups is 1. The molecule has 0 bridgehead atoms. The van der Waals surface area contributed by atoms with Crippen molar-refractivity contribution in [3.63, 3.8) is 0 Å². The third kappa shape index (κ3) is 3.14. The molecule has 0 aliphatic carbocycles. The molecule has 0 spiro atoms. The fraction of sp³-hybridized carbons (Fsp3) is 0.143. The lowest BCUT2D eigenvalue weighted by atomic mass is 10.1. The quantitative estimate of drug-likeness (QED) is 0.388. The first-order valence-corrected chi connectivity index (χ1v) is 6.12. The second kappa shape index (κ2) is 5.58. The summed E-state index contributed by atoms with van der Waals surface area (Å²) in [5.74, 6) is 0.622. The number of nitrogens with one attached hydrogen (secondary N) is 1. The first-order valence-electron chi connectivity index (χ1n) is 6.12. The molecule has 21 heavy (non-hydrogen) atoms. The van der Waals surface area contributed by atoms with Gasteiger partial charge in [-0.15, -0.1) is 0 Å². The third-order valence-corrected chi connectivity index (χ3v) is 2.93. The van der Waals surface area contributed by atoms with Gasteiger partial charge in [-0.3, -0.25) is 20.5 Å². The van der Waals surface area contributed by atoms with E-state index in [9.17, 15) is 10.1 Å². The van der Waals surface area contributed by atoms with E-state index in [1.54, 1.807) is 26.0 Å². The molecule has 0 unspecified atom stereocenters. The highest BCUT2D eigenvalue weighted by Crippen LogP contribution is 2.31. The SMILES string of the molecule is Cc1cc(C)c([N+](=O)[O-])cc1Oc1ccnc(C(=N)N)c1. The maximum absolute atomic E-state index is 11.0. The average molecular weight is 286 g/mol. The number of pyridine rings is 1. The van der Waals surface area contributed by atoms with E-state index >= 15 is 0 Å². The van der Waals surface area contributed by atoms with Gasteiger partial charge in [0.2, 0.25) is 0 Å². The Morgan fingerprint density at radius 3 is 2.67 bits per heavy atom. The first-order chi connectivity index (χ1) is 9.88. The van der Waals surface area contributed by atoms with Crippen LogP contribution in [-0.4, -0.2) is 15.7 Å². The molecule has 0 radical (unpaired) electrons. The van der Waals surface area contributed by atoms with Crippen molar-refractivity contribution in [3.8, 4) is 11.5 Å². The number of nitrogen functional groups attached to an aromatic ring is 1. The average Bonchev–Trinajstić information content (AvgIpc) is 2.41. The van der Waals surface area contributed by atoms with Crippen LogP contribution in [0.15, 0.2) is 30.5 Å². The third-order valence-electron chi connectivity index (χ3n) is 2.93. The van der Waals surface area contributed by atoms with E-state index in [0.29, 0.717) is 17.1 Å². The number of nitrogens with zero attached hydrogens (tertiary/aromatic N) is 2. The molecule has 7 heteroatoms. The molecule has 108 valence electrons. The molecule has 1 heterocycles. The second-order valence-corrected chi connectivity index (χ2v) is 4.55. The zero-order chi connectivity index (χ0) is 15.6. The lowest BCUT2D eigenvalue weighted by Crippen LogP contribution is -2.12. The van der Waals surface area contributed by atoms with Crippen molar-refractivity contribution in [2.24, 2.45) is 5.73 Å². The van der Waals surface area contributed by atoms with Crippen molar-refractivity contribution < 1.29 is 9.66 Å². The van der Waals surface area contributed by atoms with Crippen LogP contribution in [0.3, 0.4) is 0 Å². The first kappa shape index (κ1) is 14.4. The molecule has 0 aliphatic rings. The maximum atomic E-state index is 11.0. The van der Waals surface area contributed by atoms with Gasteiger partial charge < -0.3 is 10.5 Å². The smallest absolute Gasteiger partial charge is 0.276 e. The molecule has 7 nitrogen and oxygen atoms in total. The number of nitro benzene ring substituents is 1. The normalized spacial score (nSPS) is 10.2. The summed E-state index contributed by atoms with van der Waals surface area (Å²) in [7, 11) is 0. The molecule has 0 aliphatic heterocycles. The summed E-state index contributed by atoms with van der Waals surface area (Å²) in [4.78, 5) is 14.5. The number of benzene rings is 1. The van der Waals surface area contributed by atoms with E-state index in [0.717, 1.165) is 5.56 Å². The Morgan fingerprint density at radius 2 is 2.05 bits per heavy atom. The van der Waals surface area contributed by atoms with Crippen LogP contribution in [0.5, 0.6) is 11.5 Å². The summed E-state index contributed by atoms with van der Waals surface area (Å²) in [6.45, 7) is 3.48. The minimum atomic E-state index is -0.449. The Morgan fingerprint density at radius 1 is 1.33 bits per heavy atom. The van der Waals surface area contributed by atoms with E-state index in [2.05, 4.69) is 4.98 Å². The molecule has 2 aromatic rings. The van der Waals surface area contributed by atoms with Gasteiger partial charge in [-0.25, -0.2) is 0 Å². The van der Waals surface area contributed by atoms with Crippen molar-refractivity contribution in [2.45, 2.75) is 13.8 Å². The molecule has 0 saturated carbocycles. The fourth-order valence-electron chi connectivity index (χ4n) is 1.88. The standard InChI is InChI=1S/C14H14N4O3/c1-8-5-9(2)13(7-12(8)18(19)20)21-10-3-4-17-11(6-10)14(15)16/h3-7H,1-2H3,(H3,15,16). The highest BCUT2D eigenvalue weighted by Gasteiger charge is 2.15. The number of aromatic nitrogens is 1. The summed E-state index contributed by atoms with van der Waals surface area (Å²) in [6, 6.07) is 6.18. The Kier molecular flexibility index (Phi) is 3.84. The Hall–Kier alpha value is -2.96. The predicted octanol–water partition coefficient (Wildman–Crippen LogP) is 2.68. The summed E-state index contributed by atoms with van der Waals surface area (Å²) in [6.07, 6.45) is 1.46. The molecule has 3 N–H and O–H groups in total. The van der Waals surface area contributed by atoms with Crippen LogP contribution in [0.2, 0.25) is 0 Å². The lowest BCUT2D eigenvalue weighted by Gasteiger charge is -2.10. The maximum Gasteiger partial charge on any atom is 0.276 e. The van der Waals surface area contributed by atoms with Crippen LogP contribution in [0.4, 0.5) is 5.69 Å². The van der Waals surface area contributed by atoms with E-state index in [1.807, 2.05) is 0 Å². The molecule has 2 rings (SSSR count). The zero-order valence-electron chi connectivity index (χ0n) is 11.6. The molecular weight excluding hydrogens is 272 g/mol. The van der Waals surface area contributed by atoms with Gasteiger partial charge in [0.25, 0.3) is 5.69 Å². The minimum absolute atomic E-state index is 0.00329. The van der Waals surface area contributed by atoms with Crippen LogP contribution in [0, 0.1) is 29.4 Å². The highest BCUT2D eigenvalue weighted by molar-refractivity contribution is 5.93. The van der Waals surface area contributed by atoms with Gasteiger partial charge in [0.15, 0.2) is 0 Å². The van der Waals surface area contributed by atoms with E-state index in [4.69, 9.17) is 15.9 Å². The van der Waals surface area contributed by atoms with Gasteiger partial charge >= 0.3 is 0 Å². The van der Waals surface area contributed by atoms with Crippen LogP contribution in [0.1, 0.15) is 16.8 Å². The molecule has 1 aromatic heterocycles. The van der Waals surface area contributed by atoms with Gasteiger partial charge in [-0.05, 0) is 31.5 Å². The number of nitro groups is 1.